The Hall–Kier alpha value is -1.94. The Kier molecular flexibility index (Phi) is 66.5. The maximum Gasteiger partial charge on any atom is 0.472 e. The van der Waals surface area contributed by atoms with Crippen molar-refractivity contribution >= 4 is 39.5 Å². The molecule has 0 saturated heterocycles. The van der Waals surface area contributed by atoms with Gasteiger partial charge in [0.05, 0.1) is 26.4 Å². The van der Waals surface area contributed by atoms with Crippen LogP contribution in [0.5, 0.6) is 0 Å². The van der Waals surface area contributed by atoms with Crippen molar-refractivity contribution in [2.75, 3.05) is 39.6 Å². The highest BCUT2D eigenvalue weighted by molar-refractivity contribution is 7.47. The van der Waals surface area contributed by atoms with Gasteiger partial charge in [-0.05, 0) is 37.5 Å². The Balaban J connectivity index is 5.23. The zero-order valence-corrected chi connectivity index (χ0v) is 63.8. The summed E-state index contributed by atoms with van der Waals surface area (Å²) < 4.78 is 68.5. The van der Waals surface area contributed by atoms with Crippen LogP contribution in [0.2, 0.25) is 0 Å². The Bertz CT molecular complexity index is 1840. The molecule has 95 heavy (non-hydrogen) atoms. The van der Waals surface area contributed by atoms with E-state index in [-0.39, 0.29) is 25.7 Å². The first-order chi connectivity index (χ1) is 45.9. The maximum absolute atomic E-state index is 13.1. The average Bonchev–Trinajstić information content (AvgIpc) is 2.26. The first-order valence-electron chi connectivity index (χ1n) is 39.5. The van der Waals surface area contributed by atoms with Crippen LogP contribution in [0.3, 0.4) is 0 Å². The quantitative estimate of drug-likeness (QED) is 0.0222. The lowest BCUT2D eigenvalue weighted by Gasteiger charge is -2.21. The van der Waals surface area contributed by atoms with Crippen LogP contribution in [-0.2, 0) is 65.4 Å². The molecule has 0 spiro atoms. The molecule has 2 unspecified atom stereocenters. The molecule has 0 fully saturated rings. The predicted octanol–water partition coefficient (Wildman–Crippen LogP) is 22.3. The molecule has 0 rings (SSSR count). The van der Waals surface area contributed by atoms with Crippen LogP contribution < -0.4 is 0 Å². The van der Waals surface area contributed by atoms with E-state index in [1.165, 1.54) is 212 Å². The van der Waals surface area contributed by atoms with E-state index >= 15 is 0 Å². The third-order valence-electron chi connectivity index (χ3n) is 17.7. The van der Waals surface area contributed by atoms with Gasteiger partial charge >= 0.3 is 39.5 Å². The number of ether oxygens (including phenoxy) is 4. The molecular weight excluding hydrogens is 1250 g/mol. The first-order valence-corrected chi connectivity index (χ1v) is 42.5. The van der Waals surface area contributed by atoms with Gasteiger partial charge in [-0.2, -0.15) is 0 Å². The molecule has 0 bridgehead atoms. The van der Waals surface area contributed by atoms with Crippen LogP contribution in [0, 0.1) is 11.8 Å². The summed E-state index contributed by atoms with van der Waals surface area (Å²) in [5, 5.41) is 10.6. The van der Waals surface area contributed by atoms with E-state index in [4.69, 9.17) is 37.0 Å². The minimum atomic E-state index is -4.96. The number of phosphoric ester groups is 2. The fourth-order valence-electron chi connectivity index (χ4n) is 11.7. The third kappa shape index (κ3) is 70.3. The summed E-state index contributed by atoms with van der Waals surface area (Å²) in [7, 11) is -9.91. The van der Waals surface area contributed by atoms with Crippen LogP contribution >= 0.6 is 15.6 Å². The summed E-state index contributed by atoms with van der Waals surface area (Å²) in [6.07, 6.45) is 55.5. The van der Waals surface area contributed by atoms with Crippen molar-refractivity contribution in [2.24, 2.45) is 11.8 Å². The molecule has 0 radical (unpaired) electrons. The molecule has 17 nitrogen and oxygen atoms in total. The minimum absolute atomic E-state index is 0.105. The Morgan fingerprint density at radius 3 is 0.716 bits per heavy atom. The van der Waals surface area contributed by atoms with Crippen molar-refractivity contribution in [1.82, 2.24) is 0 Å². The highest BCUT2D eigenvalue weighted by Gasteiger charge is 2.30. The number of phosphoric acid groups is 2. The van der Waals surface area contributed by atoms with Gasteiger partial charge in [0.2, 0.25) is 0 Å². The number of aliphatic hydroxyl groups is 1. The Morgan fingerprint density at radius 1 is 0.284 bits per heavy atom. The summed E-state index contributed by atoms with van der Waals surface area (Å²) in [5.74, 6) is -0.603. The van der Waals surface area contributed by atoms with Crippen LogP contribution in [-0.4, -0.2) is 96.7 Å². The van der Waals surface area contributed by atoms with Crippen LogP contribution in [0.15, 0.2) is 0 Å². The monoisotopic (exact) mass is 1400 g/mol. The van der Waals surface area contributed by atoms with Gasteiger partial charge in [0.25, 0.3) is 0 Å². The van der Waals surface area contributed by atoms with E-state index in [0.717, 1.165) is 102 Å². The smallest absolute Gasteiger partial charge is 0.462 e. The molecule has 3 N–H and O–H groups in total. The van der Waals surface area contributed by atoms with E-state index in [1.807, 2.05) is 0 Å². The second-order valence-corrected chi connectivity index (χ2v) is 31.3. The topological polar surface area (TPSA) is 237 Å². The molecule has 0 heterocycles. The van der Waals surface area contributed by atoms with Crippen molar-refractivity contribution in [2.45, 2.75) is 413 Å². The van der Waals surface area contributed by atoms with E-state index in [2.05, 4.69) is 41.5 Å². The predicted molar refractivity (Wildman–Crippen MR) is 386 cm³/mol. The molecule has 0 aromatic carbocycles. The first kappa shape index (κ1) is 93.1. The lowest BCUT2D eigenvalue weighted by molar-refractivity contribution is -0.161. The molecule has 564 valence electrons. The van der Waals surface area contributed by atoms with Gasteiger partial charge in [-0.3, -0.25) is 37.3 Å². The van der Waals surface area contributed by atoms with Gasteiger partial charge in [0.1, 0.15) is 19.3 Å². The fraction of sp³-hybridized carbons (Fsp3) is 0.947. The number of aliphatic hydroxyl groups excluding tert-OH is 1. The molecule has 0 aromatic rings. The second-order valence-electron chi connectivity index (χ2n) is 28.3. The zero-order valence-electron chi connectivity index (χ0n) is 62.0. The minimum Gasteiger partial charge on any atom is -0.462 e. The molecule has 0 aliphatic rings. The lowest BCUT2D eigenvalue weighted by Crippen LogP contribution is -2.30. The van der Waals surface area contributed by atoms with Crippen molar-refractivity contribution in [3.63, 3.8) is 0 Å². The van der Waals surface area contributed by atoms with Crippen LogP contribution in [0.25, 0.3) is 0 Å². The maximum atomic E-state index is 13.1. The third-order valence-corrected chi connectivity index (χ3v) is 19.6. The molecule has 0 saturated carbocycles. The number of esters is 4. The molecule has 0 aromatic heterocycles. The van der Waals surface area contributed by atoms with Crippen molar-refractivity contribution in [3.05, 3.63) is 0 Å². The number of carbonyl (C=O) groups is 4. The zero-order chi connectivity index (χ0) is 70.0. The fourth-order valence-corrected chi connectivity index (χ4v) is 13.2. The molecule has 0 amide bonds. The van der Waals surface area contributed by atoms with Gasteiger partial charge in [-0.1, -0.05) is 343 Å². The van der Waals surface area contributed by atoms with E-state index in [1.54, 1.807) is 0 Å². The molecule has 0 aliphatic carbocycles. The van der Waals surface area contributed by atoms with Crippen molar-refractivity contribution in [1.29, 1.82) is 0 Å². The van der Waals surface area contributed by atoms with Gasteiger partial charge < -0.3 is 33.8 Å². The normalized spacial score (nSPS) is 14.0. The van der Waals surface area contributed by atoms with E-state index < -0.39 is 97.5 Å². The summed E-state index contributed by atoms with van der Waals surface area (Å²) in [4.78, 5) is 72.8. The molecule has 0 aliphatic heterocycles. The molecular formula is C76H148O17P2. The standard InChI is InChI=1S/C76H148O17P2/c1-7-9-11-13-15-17-19-20-21-22-23-27-30-34-41-47-53-59-74(79)87-64-71(92-75(80)60-54-48-42-35-31-28-25-24-26-29-32-38-44-50-56-68(3)4)66-90-94(82,83)88-62-70(77)63-89-95(84,85)91-67-72(65-86-73(78)58-52-46-40-33-18-16-14-12-10-8-2)93-76(81)61-55-49-43-37-36-39-45-51-57-69(5)6/h68-72,77H,7-67H2,1-6H3,(H,82,83)(H,84,85)/t70-,71-,72-/m1/s1. The van der Waals surface area contributed by atoms with Crippen LogP contribution in [0.4, 0.5) is 0 Å². The second kappa shape index (κ2) is 67.9. The average molecular weight is 1400 g/mol. The number of hydrogen-bond donors (Lipinski definition) is 3. The summed E-state index contributed by atoms with van der Waals surface area (Å²) >= 11 is 0. The van der Waals surface area contributed by atoms with E-state index in [0.29, 0.717) is 25.7 Å². The number of unbranched alkanes of at least 4 members (excludes halogenated alkanes) is 45. The SMILES string of the molecule is CCCCCCCCCCCCCCCCCCCC(=O)OC[C@H](COP(=O)(O)OC[C@@H](O)COP(=O)(O)OC[C@@H](COC(=O)CCCCCCCCCCCC)OC(=O)CCCCCCCCCCC(C)C)OC(=O)CCCCCCCCCCCCCCCCC(C)C. The highest BCUT2D eigenvalue weighted by atomic mass is 31.2. The lowest BCUT2D eigenvalue weighted by atomic mass is 10.0. The Labute approximate surface area is 581 Å². The van der Waals surface area contributed by atoms with E-state index in [9.17, 15) is 43.2 Å². The number of rotatable bonds is 75. The van der Waals surface area contributed by atoms with Crippen molar-refractivity contribution in [3.8, 4) is 0 Å². The Morgan fingerprint density at radius 2 is 0.484 bits per heavy atom. The van der Waals surface area contributed by atoms with Gasteiger partial charge in [-0.25, -0.2) is 9.13 Å². The van der Waals surface area contributed by atoms with Gasteiger partial charge in [-0.15, -0.1) is 0 Å². The van der Waals surface area contributed by atoms with Crippen LogP contribution in [0.1, 0.15) is 395 Å². The summed E-state index contributed by atoms with van der Waals surface area (Å²) in [5.41, 5.74) is 0. The summed E-state index contributed by atoms with van der Waals surface area (Å²) in [6.45, 7) is 9.57. The number of carbonyl (C=O) groups excluding carboxylic acids is 4. The van der Waals surface area contributed by atoms with Crippen molar-refractivity contribution < 1.29 is 80.2 Å². The molecule has 19 heteroatoms. The van der Waals surface area contributed by atoms with Gasteiger partial charge in [0.15, 0.2) is 12.2 Å². The highest BCUT2D eigenvalue weighted by Crippen LogP contribution is 2.45. The summed E-state index contributed by atoms with van der Waals surface area (Å²) in [6, 6.07) is 0. The van der Waals surface area contributed by atoms with Gasteiger partial charge in [0, 0.05) is 25.7 Å². The molecule has 5 atom stereocenters. The number of hydrogen-bond acceptors (Lipinski definition) is 15. The largest absolute Gasteiger partial charge is 0.472 e.